The van der Waals surface area contributed by atoms with E-state index in [-0.39, 0.29) is 17.8 Å². The number of hydrogen-bond acceptors (Lipinski definition) is 7. The molecule has 29 heavy (non-hydrogen) atoms. The van der Waals surface area contributed by atoms with Crippen LogP contribution in [-0.4, -0.2) is 53.2 Å². The van der Waals surface area contributed by atoms with Crippen LogP contribution in [0, 0.1) is 6.92 Å². The minimum atomic E-state index is -4.55. The van der Waals surface area contributed by atoms with Crippen molar-refractivity contribution in [3.05, 3.63) is 17.5 Å². The maximum absolute atomic E-state index is 13.5. The first-order valence-corrected chi connectivity index (χ1v) is 9.55. The van der Waals surface area contributed by atoms with Crippen molar-refractivity contribution >= 4 is 17.6 Å². The topological polar surface area (TPSA) is 77.3 Å². The summed E-state index contributed by atoms with van der Waals surface area (Å²) in [4.78, 5) is 9.72. The molecule has 1 saturated carbocycles. The lowest BCUT2D eigenvalue weighted by Gasteiger charge is -2.30. The molecule has 3 heterocycles. The largest absolute Gasteiger partial charge is 0.491 e. The first kappa shape index (κ1) is 19.7. The molecule has 1 aliphatic heterocycles. The Kier molecular flexibility index (Phi) is 5.24. The molecule has 2 aromatic heterocycles. The molecule has 158 valence electrons. The van der Waals surface area contributed by atoms with E-state index in [4.69, 9.17) is 9.47 Å². The molecule has 2 fully saturated rings. The van der Waals surface area contributed by atoms with Gasteiger partial charge in [0.25, 0.3) is 0 Å². The molecule has 0 aromatic carbocycles. The van der Waals surface area contributed by atoms with Gasteiger partial charge in [0.05, 0.1) is 26.4 Å². The van der Waals surface area contributed by atoms with Gasteiger partial charge in [-0.1, -0.05) is 0 Å². The Morgan fingerprint density at radius 2 is 1.97 bits per heavy atom. The summed E-state index contributed by atoms with van der Waals surface area (Å²) >= 11 is 0. The molecule has 8 nitrogen and oxygen atoms in total. The number of anilines is 3. The highest BCUT2D eigenvalue weighted by molar-refractivity contribution is 5.62. The van der Waals surface area contributed by atoms with Crippen molar-refractivity contribution in [3.8, 4) is 5.75 Å². The average molecular weight is 412 g/mol. The number of halogens is 3. The zero-order chi connectivity index (χ0) is 20.6. The molecule has 1 saturated heterocycles. The number of aromatic nitrogens is 4. The van der Waals surface area contributed by atoms with Gasteiger partial charge in [-0.3, -0.25) is 0 Å². The van der Waals surface area contributed by atoms with E-state index in [0.717, 1.165) is 25.5 Å². The van der Waals surface area contributed by atoms with Gasteiger partial charge in [-0.25, -0.2) is 9.67 Å². The molecule has 0 unspecified atom stereocenters. The van der Waals surface area contributed by atoms with Crippen LogP contribution in [0.4, 0.5) is 30.8 Å². The van der Waals surface area contributed by atoms with E-state index in [9.17, 15) is 13.2 Å². The Morgan fingerprint density at radius 1 is 1.24 bits per heavy atom. The third-order valence-corrected chi connectivity index (χ3v) is 5.27. The fraction of sp³-hybridized carbons (Fsp3) is 0.611. The monoisotopic (exact) mass is 412 g/mol. The second-order valence-corrected chi connectivity index (χ2v) is 7.15. The highest BCUT2D eigenvalue weighted by atomic mass is 19.4. The first-order chi connectivity index (χ1) is 13.9. The summed E-state index contributed by atoms with van der Waals surface area (Å²) in [7, 11) is 1.53. The fourth-order valence-corrected chi connectivity index (χ4v) is 3.54. The predicted octanol–water partition coefficient (Wildman–Crippen LogP) is 3.31. The Bertz CT molecular complexity index is 875. The van der Waals surface area contributed by atoms with Crippen LogP contribution in [0.2, 0.25) is 0 Å². The van der Waals surface area contributed by atoms with Crippen molar-refractivity contribution in [1.82, 2.24) is 19.7 Å². The summed E-state index contributed by atoms with van der Waals surface area (Å²) < 4.78 is 53.1. The van der Waals surface area contributed by atoms with Crippen LogP contribution >= 0.6 is 0 Å². The summed E-state index contributed by atoms with van der Waals surface area (Å²) in [6.45, 7) is 3.20. The zero-order valence-corrected chi connectivity index (χ0v) is 16.3. The lowest BCUT2D eigenvalue weighted by molar-refractivity contribution is -0.137. The molecule has 1 N–H and O–H groups in total. The van der Waals surface area contributed by atoms with Gasteiger partial charge in [0.2, 0.25) is 5.95 Å². The Morgan fingerprint density at radius 3 is 2.55 bits per heavy atom. The lowest BCUT2D eigenvalue weighted by Crippen LogP contribution is -2.38. The van der Waals surface area contributed by atoms with E-state index in [1.54, 1.807) is 4.90 Å². The van der Waals surface area contributed by atoms with Crippen LogP contribution in [-0.2, 0) is 10.9 Å². The molecule has 4 rings (SSSR count). The number of nitrogens with one attached hydrogen (secondary N) is 1. The fourth-order valence-electron chi connectivity index (χ4n) is 3.54. The molecule has 0 bridgehead atoms. The van der Waals surface area contributed by atoms with Crippen LogP contribution in [0.25, 0.3) is 0 Å². The second kappa shape index (κ2) is 7.69. The zero-order valence-electron chi connectivity index (χ0n) is 16.3. The molecule has 0 atom stereocenters. The van der Waals surface area contributed by atoms with Crippen LogP contribution < -0.4 is 15.0 Å². The van der Waals surface area contributed by atoms with E-state index in [1.807, 2.05) is 11.6 Å². The average Bonchev–Trinajstić information content (AvgIpc) is 2.95. The maximum atomic E-state index is 13.5. The van der Waals surface area contributed by atoms with E-state index in [1.165, 1.54) is 7.11 Å². The quantitative estimate of drug-likeness (QED) is 0.807. The molecule has 11 heteroatoms. The minimum absolute atomic E-state index is 0.0678. The molecular weight excluding hydrogens is 389 g/mol. The number of ether oxygens (including phenoxy) is 2. The summed E-state index contributed by atoms with van der Waals surface area (Å²) in [6, 6.07) is 0.230. The number of methoxy groups -OCH3 is 1. The number of aryl methyl sites for hydroxylation is 1. The Hall–Kier alpha value is -2.56. The maximum Gasteiger partial charge on any atom is 0.421 e. The number of hydrogen-bond donors (Lipinski definition) is 1. The van der Waals surface area contributed by atoms with Crippen molar-refractivity contribution in [3.63, 3.8) is 0 Å². The standard InChI is InChI=1S/C18H23F3N6O2/c1-11-14(28-2)16(27(25-11)12-4-3-5-12)24-17-22-10-13(18(19,20)21)15(23-17)26-6-8-29-9-7-26/h10,12H,3-9H2,1-2H3,(H,22,23,24). The summed E-state index contributed by atoms with van der Waals surface area (Å²) in [5, 5.41) is 7.58. The van der Waals surface area contributed by atoms with E-state index < -0.39 is 11.7 Å². The minimum Gasteiger partial charge on any atom is -0.491 e. The summed E-state index contributed by atoms with van der Waals surface area (Å²) in [5.74, 6) is 1.01. The van der Waals surface area contributed by atoms with E-state index >= 15 is 0 Å². The number of nitrogens with zero attached hydrogens (tertiary/aromatic N) is 5. The Labute approximate surface area is 166 Å². The number of morpholine rings is 1. The lowest BCUT2D eigenvalue weighted by atomic mass is 9.93. The van der Waals surface area contributed by atoms with Gasteiger partial charge in [-0.15, -0.1) is 0 Å². The van der Waals surface area contributed by atoms with Crippen molar-refractivity contribution in [2.24, 2.45) is 0 Å². The molecule has 0 amide bonds. The molecule has 1 aliphatic carbocycles. The molecule has 2 aliphatic rings. The summed E-state index contributed by atoms with van der Waals surface area (Å²) in [6.07, 6.45) is -0.626. The SMILES string of the molecule is COc1c(C)nn(C2CCC2)c1Nc1ncc(C(F)(F)F)c(N2CCOCC2)n1. The van der Waals surface area contributed by atoms with E-state index in [2.05, 4.69) is 20.4 Å². The smallest absolute Gasteiger partial charge is 0.421 e. The van der Waals surface area contributed by atoms with Gasteiger partial charge < -0.3 is 19.7 Å². The third kappa shape index (κ3) is 3.83. The van der Waals surface area contributed by atoms with Crippen LogP contribution in [0.15, 0.2) is 6.20 Å². The van der Waals surface area contributed by atoms with Gasteiger partial charge in [0.1, 0.15) is 17.1 Å². The summed E-state index contributed by atoms with van der Waals surface area (Å²) in [5.41, 5.74) is -0.164. The van der Waals surface area contributed by atoms with Gasteiger partial charge in [-0.2, -0.15) is 23.3 Å². The predicted molar refractivity (Wildman–Crippen MR) is 99.8 cm³/mol. The molecule has 0 spiro atoms. The molecular formula is C18H23F3N6O2. The van der Waals surface area contributed by atoms with Crippen molar-refractivity contribution in [2.45, 2.75) is 38.4 Å². The van der Waals surface area contributed by atoms with Crippen LogP contribution in [0.3, 0.4) is 0 Å². The number of alkyl halides is 3. The van der Waals surface area contributed by atoms with Gasteiger partial charge >= 0.3 is 6.18 Å². The second-order valence-electron chi connectivity index (χ2n) is 7.15. The van der Waals surface area contributed by atoms with Crippen molar-refractivity contribution in [2.75, 3.05) is 43.6 Å². The highest BCUT2D eigenvalue weighted by Crippen LogP contribution is 2.40. The van der Waals surface area contributed by atoms with Crippen LogP contribution in [0.5, 0.6) is 5.75 Å². The van der Waals surface area contributed by atoms with Gasteiger partial charge in [0.15, 0.2) is 11.6 Å². The molecule has 2 aromatic rings. The first-order valence-electron chi connectivity index (χ1n) is 9.55. The van der Waals surface area contributed by atoms with Gasteiger partial charge in [0, 0.05) is 19.3 Å². The van der Waals surface area contributed by atoms with Crippen molar-refractivity contribution < 1.29 is 22.6 Å². The number of rotatable bonds is 5. The molecule has 0 radical (unpaired) electrons. The van der Waals surface area contributed by atoms with E-state index in [0.29, 0.717) is 43.6 Å². The normalized spacial score (nSPS) is 17.9. The third-order valence-electron chi connectivity index (χ3n) is 5.27. The van der Waals surface area contributed by atoms with Crippen LogP contribution in [0.1, 0.15) is 36.6 Å². The Balaban J connectivity index is 1.71. The van der Waals surface area contributed by atoms with Gasteiger partial charge in [-0.05, 0) is 26.2 Å². The highest BCUT2D eigenvalue weighted by Gasteiger charge is 2.37. The van der Waals surface area contributed by atoms with Crippen molar-refractivity contribution in [1.29, 1.82) is 0 Å².